The molecule has 0 saturated carbocycles. The number of amides is 1. The Morgan fingerprint density at radius 2 is 2.00 bits per heavy atom. The van der Waals surface area contributed by atoms with Crippen LogP contribution in [-0.2, 0) is 11.3 Å². The summed E-state index contributed by atoms with van der Waals surface area (Å²) in [7, 11) is 0. The highest BCUT2D eigenvalue weighted by Crippen LogP contribution is 2.28. The van der Waals surface area contributed by atoms with Crippen LogP contribution in [0.25, 0.3) is 0 Å². The zero-order valence-corrected chi connectivity index (χ0v) is 14.6. The lowest BCUT2D eigenvalue weighted by Gasteiger charge is -2.34. The van der Waals surface area contributed by atoms with E-state index in [-0.39, 0.29) is 23.7 Å². The van der Waals surface area contributed by atoms with E-state index in [4.69, 9.17) is 4.74 Å². The number of rotatable bonds is 3. The molecule has 1 amide bonds. The van der Waals surface area contributed by atoms with Gasteiger partial charge in [-0.2, -0.15) is 0 Å². The summed E-state index contributed by atoms with van der Waals surface area (Å²) >= 11 is 0. The molecule has 2 aromatic rings. The van der Waals surface area contributed by atoms with Gasteiger partial charge in [-0.05, 0) is 35.4 Å². The fourth-order valence-corrected chi connectivity index (χ4v) is 3.74. The summed E-state index contributed by atoms with van der Waals surface area (Å²) in [6.07, 6.45) is 4.24. The van der Waals surface area contributed by atoms with Crippen LogP contribution in [0.15, 0.2) is 24.3 Å². The summed E-state index contributed by atoms with van der Waals surface area (Å²) in [6.45, 7) is 2.05. The first-order valence-corrected chi connectivity index (χ1v) is 9.18. The molecule has 0 spiro atoms. The van der Waals surface area contributed by atoms with Gasteiger partial charge in [-0.25, -0.2) is 9.07 Å². The van der Waals surface area contributed by atoms with Crippen LogP contribution in [0, 0.1) is 5.82 Å². The van der Waals surface area contributed by atoms with Gasteiger partial charge < -0.3 is 9.64 Å². The van der Waals surface area contributed by atoms with Crippen LogP contribution in [0.1, 0.15) is 43.8 Å². The number of piperidine rings is 1. The SMILES string of the molecule is O=C(C1CCCCn2nnnc21)N1CCC(Oc2cccc(F)c2)CC1. The van der Waals surface area contributed by atoms with Crippen LogP contribution in [0.3, 0.4) is 0 Å². The van der Waals surface area contributed by atoms with Crippen LogP contribution in [0.4, 0.5) is 4.39 Å². The van der Waals surface area contributed by atoms with Crippen molar-refractivity contribution in [2.75, 3.05) is 13.1 Å². The van der Waals surface area contributed by atoms with Gasteiger partial charge in [-0.3, -0.25) is 4.79 Å². The van der Waals surface area contributed by atoms with Gasteiger partial charge in [-0.15, -0.1) is 5.10 Å². The number of tetrazole rings is 1. The maximum atomic E-state index is 13.3. The maximum Gasteiger partial charge on any atom is 0.233 e. The van der Waals surface area contributed by atoms with Gasteiger partial charge in [0.25, 0.3) is 0 Å². The van der Waals surface area contributed by atoms with Crippen molar-refractivity contribution < 1.29 is 13.9 Å². The summed E-state index contributed by atoms with van der Waals surface area (Å²) < 4.78 is 20.9. The lowest BCUT2D eigenvalue weighted by atomic mass is 9.98. The summed E-state index contributed by atoms with van der Waals surface area (Å²) in [4.78, 5) is 14.9. The number of fused-ring (bicyclic) bond motifs is 1. The minimum Gasteiger partial charge on any atom is -0.490 e. The molecule has 1 atom stereocenters. The fourth-order valence-electron chi connectivity index (χ4n) is 3.74. The molecule has 26 heavy (non-hydrogen) atoms. The Hall–Kier alpha value is -2.51. The van der Waals surface area contributed by atoms with E-state index in [1.165, 1.54) is 12.1 Å². The molecule has 0 aliphatic carbocycles. The molecule has 0 radical (unpaired) electrons. The smallest absolute Gasteiger partial charge is 0.233 e. The van der Waals surface area contributed by atoms with Gasteiger partial charge in [0.05, 0.1) is 5.92 Å². The first-order chi connectivity index (χ1) is 12.7. The number of nitrogens with zero attached hydrogens (tertiary/aromatic N) is 5. The highest BCUT2D eigenvalue weighted by molar-refractivity contribution is 5.83. The number of hydrogen-bond acceptors (Lipinski definition) is 5. The molecule has 1 saturated heterocycles. The topological polar surface area (TPSA) is 73.1 Å². The van der Waals surface area contributed by atoms with E-state index in [2.05, 4.69) is 15.5 Å². The van der Waals surface area contributed by atoms with Crippen LogP contribution in [-0.4, -0.2) is 50.2 Å². The van der Waals surface area contributed by atoms with Crippen molar-refractivity contribution in [3.63, 3.8) is 0 Å². The average molecular weight is 359 g/mol. The first-order valence-electron chi connectivity index (χ1n) is 9.18. The lowest BCUT2D eigenvalue weighted by molar-refractivity contribution is -0.135. The Kier molecular flexibility index (Phi) is 4.81. The number of aryl methyl sites for hydroxylation is 1. The second-order valence-electron chi connectivity index (χ2n) is 6.91. The van der Waals surface area contributed by atoms with Crippen LogP contribution >= 0.6 is 0 Å². The Bertz CT molecular complexity index is 772. The normalized spacial score (nSPS) is 21.1. The molecule has 0 bridgehead atoms. The molecular formula is C18H22FN5O2. The number of benzene rings is 1. The quantitative estimate of drug-likeness (QED) is 0.840. The van der Waals surface area contributed by atoms with E-state index < -0.39 is 0 Å². The average Bonchev–Trinajstić information content (AvgIpc) is 3.01. The third kappa shape index (κ3) is 3.54. The summed E-state index contributed by atoms with van der Waals surface area (Å²) in [6, 6.07) is 6.18. The number of ether oxygens (including phenoxy) is 1. The monoisotopic (exact) mass is 359 g/mol. The summed E-state index contributed by atoms with van der Waals surface area (Å²) in [5.74, 6) is 0.768. The van der Waals surface area contributed by atoms with Gasteiger partial charge in [0, 0.05) is 38.5 Å². The molecule has 2 aliphatic rings. The Balaban J connectivity index is 1.37. The van der Waals surface area contributed by atoms with Gasteiger partial charge in [0.1, 0.15) is 17.7 Å². The van der Waals surface area contributed by atoms with Crippen molar-refractivity contribution in [2.45, 2.75) is 50.7 Å². The van der Waals surface area contributed by atoms with Crippen molar-refractivity contribution in [1.82, 2.24) is 25.1 Å². The zero-order valence-electron chi connectivity index (χ0n) is 14.6. The third-order valence-electron chi connectivity index (χ3n) is 5.13. The number of hydrogen-bond donors (Lipinski definition) is 0. The number of halogens is 1. The van der Waals surface area contributed by atoms with E-state index in [0.29, 0.717) is 24.7 Å². The molecular weight excluding hydrogens is 337 g/mol. The zero-order chi connectivity index (χ0) is 17.9. The highest BCUT2D eigenvalue weighted by Gasteiger charge is 2.33. The van der Waals surface area contributed by atoms with Gasteiger partial charge in [-0.1, -0.05) is 12.5 Å². The predicted molar refractivity (Wildman–Crippen MR) is 91.0 cm³/mol. The first kappa shape index (κ1) is 16.9. The number of likely N-dealkylation sites (tertiary alicyclic amines) is 1. The Morgan fingerprint density at radius 1 is 1.15 bits per heavy atom. The van der Waals surface area contributed by atoms with E-state index in [0.717, 1.165) is 38.6 Å². The predicted octanol–water partition coefficient (Wildman–Crippen LogP) is 2.15. The number of aromatic nitrogens is 4. The number of carbonyl (C=O) groups excluding carboxylic acids is 1. The molecule has 1 aromatic carbocycles. The van der Waals surface area contributed by atoms with Crippen LogP contribution < -0.4 is 4.74 Å². The second-order valence-corrected chi connectivity index (χ2v) is 6.91. The van der Waals surface area contributed by atoms with Gasteiger partial charge in [0.2, 0.25) is 5.91 Å². The third-order valence-corrected chi connectivity index (χ3v) is 5.13. The molecule has 0 N–H and O–H groups in total. The number of carbonyl (C=O) groups is 1. The molecule has 2 aliphatic heterocycles. The van der Waals surface area contributed by atoms with Crippen molar-refractivity contribution in [3.05, 3.63) is 35.9 Å². The van der Waals surface area contributed by atoms with Crippen molar-refractivity contribution in [2.24, 2.45) is 0 Å². The second kappa shape index (κ2) is 7.39. The Labute approximate surface area is 151 Å². The fraction of sp³-hybridized carbons (Fsp3) is 0.556. The highest BCUT2D eigenvalue weighted by atomic mass is 19.1. The van der Waals surface area contributed by atoms with E-state index >= 15 is 0 Å². The van der Waals surface area contributed by atoms with E-state index in [1.807, 2.05) is 4.90 Å². The summed E-state index contributed by atoms with van der Waals surface area (Å²) in [5.41, 5.74) is 0. The molecule has 1 fully saturated rings. The van der Waals surface area contributed by atoms with Crippen LogP contribution in [0.2, 0.25) is 0 Å². The molecule has 1 unspecified atom stereocenters. The maximum absolute atomic E-state index is 13.3. The Morgan fingerprint density at radius 3 is 2.81 bits per heavy atom. The lowest BCUT2D eigenvalue weighted by Crippen LogP contribution is -2.44. The largest absolute Gasteiger partial charge is 0.490 e. The minimum atomic E-state index is -0.304. The minimum absolute atomic E-state index is 0.000281. The van der Waals surface area contributed by atoms with Gasteiger partial charge >= 0.3 is 0 Å². The van der Waals surface area contributed by atoms with Crippen molar-refractivity contribution >= 4 is 5.91 Å². The molecule has 138 valence electrons. The van der Waals surface area contributed by atoms with Gasteiger partial charge in [0.15, 0.2) is 5.82 Å². The summed E-state index contributed by atoms with van der Waals surface area (Å²) in [5, 5.41) is 11.8. The standard InChI is InChI=1S/C18H22FN5O2/c19-13-4-3-5-15(12-13)26-14-7-10-23(11-8-14)18(25)16-6-1-2-9-24-17(16)20-21-22-24/h3-5,12,14,16H,1-2,6-11H2. The van der Waals surface area contributed by atoms with Crippen molar-refractivity contribution in [1.29, 1.82) is 0 Å². The molecule has 4 rings (SSSR count). The molecule has 1 aromatic heterocycles. The molecule has 8 heteroatoms. The van der Waals surface area contributed by atoms with E-state index in [9.17, 15) is 9.18 Å². The molecule has 3 heterocycles. The van der Waals surface area contributed by atoms with E-state index in [1.54, 1.807) is 16.8 Å². The van der Waals surface area contributed by atoms with Crippen LogP contribution in [0.5, 0.6) is 5.75 Å². The molecule has 7 nitrogen and oxygen atoms in total. The van der Waals surface area contributed by atoms with Crippen molar-refractivity contribution in [3.8, 4) is 5.75 Å².